The minimum absolute atomic E-state index is 0.307. The molecule has 0 bridgehead atoms. The van der Waals surface area contributed by atoms with Crippen molar-refractivity contribution in [2.24, 2.45) is 0 Å². The minimum Gasteiger partial charge on any atom is -0.361 e. The summed E-state index contributed by atoms with van der Waals surface area (Å²) in [5.74, 6) is 0.710. The molecule has 8 heteroatoms. The third-order valence-corrected chi connectivity index (χ3v) is 2.61. The number of aryl methyl sites for hydroxylation is 2. The highest BCUT2D eigenvalue weighted by Crippen LogP contribution is 2.13. The average Bonchev–Trinajstić information content (AvgIpc) is 2.85. The van der Waals surface area contributed by atoms with Crippen LogP contribution >= 0.6 is 11.3 Å². The molecule has 0 atom stereocenters. The number of aromatic nitrogens is 3. The van der Waals surface area contributed by atoms with Crippen LogP contribution in [0.15, 0.2) is 10.6 Å². The molecule has 2 rings (SSSR count). The van der Waals surface area contributed by atoms with E-state index in [1.54, 1.807) is 13.0 Å². The van der Waals surface area contributed by atoms with Gasteiger partial charge in [-0.2, -0.15) is 0 Å². The molecule has 0 radical (unpaired) electrons. The topological polar surface area (TPSA) is 92.9 Å². The number of anilines is 1. The molecule has 2 aromatic heterocycles. The summed E-state index contributed by atoms with van der Waals surface area (Å²) < 4.78 is 4.88. The standard InChI is InChI=1S/C9H11N5O2S/c1-5-3-7(14-16-5)4-10-8(15)11-9-13-12-6(2)17-9/h3H,4H2,1-2H3,(H2,10,11,13,15). The molecule has 0 fully saturated rings. The van der Waals surface area contributed by atoms with Crippen LogP contribution in [0.2, 0.25) is 0 Å². The Kier molecular flexibility index (Phi) is 3.33. The molecular weight excluding hydrogens is 242 g/mol. The number of nitrogens with zero attached hydrogens (tertiary/aromatic N) is 3. The fourth-order valence-corrected chi connectivity index (χ4v) is 1.75. The van der Waals surface area contributed by atoms with Gasteiger partial charge in [0.1, 0.15) is 16.5 Å². The summed E-state index contributed by atoms with van der Waals surface area (Å²) in [6.45, 7) is 3.92. The normalized spacial score (nSPS) is 10.2. The first kappa shape index (κ1) is 11.5. The lowest BCUT2D eigenvalue weighted by atomic mass is 10.4. The molecular formula is C9H11N5O2S. The van der Waals surface area contributed by atoms with Crippen molar-refractivity contribution in [3.63, 3.8) is 0 Å². The zero-order chi connectivity index (χ0) is 12.3. The summed E-state index contributed by atoms with van der Waals surface area (Å²) in [5.41, 5.74) is 0.672. The zero-order valence-electron chi connectivity index (χ0n) is 9.35. The van der Waals surface area contributed by atoms with Crippen LogP contribution in [-0.2, 0) is 6.54 Å². The van der Waals surface area contributed by atoms with Gasteiger partial charge >= 0.3 is 6.03 Å². The lowest BCUT2D eigenvalue weighted by molar-refractivity contribution is 0.251. The Balaban J connectivity index is 1.82. The van der Waals surface area contributed by atoms with Crippen molar-refractivity contribution in [2.45, 2.75) is 20.4 Å². The van der Waals surface area contributed by atoms with Crippen molar-refractivity contribution in [3.05, 3.63) is 22.5 Å². The predicted octanol–water partition coefficient (Wildman–Crippen LogP) is 1.46. The van der Waals surface area contributed by atoms with Gasteiger partial charge in [-0.1, -0.05) is 16.5 Å². The van der Waals surface area contributed by atoms with Gasteiger partial charge in [0, 0.05) is 6.07 Å². The second-order valence-electron chi connectivity index (χ2n) is 3.36. The van der Waals surface area contributed by atoms with Crippen LogP contribution in [0.3, 0.4) is 0 Å². The van der Waals surface area contributed by atoms with E-state index in [9.17, 15) is 4.79 Å². The summed E-state index contributed by atoms with van der Waals surface area (Å²) in [6.07, 6.45) is 0. The maximum Gasteiger partial charge on any atom is 0.321 e. The molecule has 0 aliphatic carbocycles. The molecule has 0 aliphatic heterocycles. The highest BCUT2D eigenvalue weighted by molar-refractivity contribution is 7.15. The predicted molar refractivity (Wildman–Crippen MR) is 61.7 cm³/mol. The van der Waals surface area contributed by atoms with E-state index in [2.05, 4.69) is 26.0 Å². The zero-order valence-corrected chi connectivity index (χ0v) is 10.2. The maximum absolute atomic E-state index is 11.5. The van der Waals surface area contributed by atoms with Gasteiger partial charge in [0.25, 0.3) is 0 Å². The number of amides is 2. The van der Waals surface area contributed by atoms with Crippen LogP contribution < -0.4 is 10.6 Å². The molecule has 2 N–H and O–H groups in total. The number of nitrogens with one attached hydrogen (secondary N) is 2. The van der Waals surface area contributed by atoms with E-state index < -0.39 is 0 Å². The molecule has 0 aromatic carbocycles. The molecule has 90 valence electrons. The van der Waals surface area contributed by atoms with E-state index in [4.69, 9.17) is 4.52 Å². The largest absolute Gasteiger partial charge is 0.361 e. The Morgan fingerprint density at radius 2 is 2.29 bits per heavy atom. The summed E-state index contributed by atoms with van der Waals surface area (Å²) >= 11 is 1.31. The van der Waals surface area contributed by atoms with E-state index in [1.807, 2.05) is 6.92 Å². The average molecular weight is 253 g/mol. The number of hydrogen-bond acceptors (Lipinski definition) is 6. The molecule has 0 saturated heterocycles. The van der Waals surface area contributed by atoms with Crippen LogP contribution in [0.4, 0.5) is 9.93 Å². The first-order valence-corrected chi connectivity index (χ1v) is 5.72. The summed E-state index contributed by atoms with van der Waals surface area (Å²) in [4.78, 5) is 11.5. The maximum atomic E-state index is 11.5. The Labute approximate surface area is 101 Å². The van der Waals surface area contributed by atoms with Crippen LogP contribution in [-0.4, -0.2) is 21.4 Å². The van der Waals surface area contributed by atoms with Crippen molar-refractivity contribution >= 4 is 22.5 Å². The second kappa shape index (κ2) is 4.91. The number of carbonyl (C=O) groups is 1. The lowest BCUT2D eigenvalue weighted by Gasteiger charge is -2.01. The molecule has 2 aromatic rings. The third kappa shape index (κ3) is 3.25. The van der Waals surface area contributed by atoms with E-state index in [0.717, 1.165) is 5.01 Å². The monoisotopic (exact) mass is 253 g/mol. The molecule has 0 aliphatic rings. The highest BCUT2D eigenvalue weighted by atomic mass is 32.1. The van der Waals surface area contributed by atoms with Gasteiger partial charge < -0.3 is 9.84 Å². The molecule has 2 amide bonds. The van der Waals surface area contributed by atoms with Gasteiger partial charge in [-0.05, 0) is 13.8 Å². The quantitative estimate of drug-likeness (QED) is 0.863. The molecule has 17 heavy (non-hydrogen) atoms. The molecule has 0 spiro atoms. The fraction of sp³-hybridized carbons (Fsp3) is 0.333. The van der Waals surface area contributed by atoms with E-state index in [0.29, 0.717) is 23.1 Å². The Bertz CT molecular complexity index is 521. The van der Waals surface area contributed by atoms with Crippen molar-refractivity contribution < 1.29 is 9.32 Å². The van der Waals surface area contributed by atoms with Crippen molar-refractivity contribution in [1.82, 2.24) is 20.7 Å². The molecule has 7 nitrogen and oxygen atoms in total. The van der Waals surface area contributed by atoms with Crippen LogP contribution in [0.1, 0.15) is 16.5 Å². The first-order chi connectivity index (χ1) is 8.13. The number of hydrogen-bond donors (Lipinski definition) is 2. The smallest absolute Gasteiger partial charge is 0.321 e. The van der Waals surface area contributed by atoms with Gasteiger partial charge in [-0.25, -0.2) is 4.79 Å². The Morgan fingerprint density at radius 1 is 1.47 bits per heavy atom. The Morgan fingerprint density at radius 3 is 2.88 bits per heavy atom. The van der Waals surface area contributed by atoms with Crippen LogP contribution in [0.25, 0.3) is 0 Å². The first-order valence-electron chi connectivity index (χ1n) is 4.90. The molecule has 0 saturated carbocycles. The van der Waals surface area contributed by atoms with Crippen molar-refractivity contribution in [1.29, 1.82) is 0 Å². The number of rotatable bonds is 3. The summed E-state index contributed by atoms with van der Waals surface area (Å²) in [7, 11) is 0. The van der Waals surface area contributed by atoms with E-state index in [-0.39, 0.29) is 6.03 Å². The third-order valence-electron chi connectivity index (χ3n) is 1.85. The molecule has 2 heterocycles. The van der Waals surface area contributed by atoms with E-state index >= 15 is 0 Å². The van der Waals surface area contributed by atoms with Crippen molar-refractivity contribution in [3.8, 4) is 0 Å². The number of carbonyl (C=O) groups excluding carboxylic acids is 1. The summed E-state index contributed by atoms with van der Waals surface area (Å²) in [6, 6.07) is 1.41. The van der Waals surface area contributed by atoms with Gasteiger partial charge in [-0.15, -0.1) is 10.2 Å². The number of urea groups is 1. The highest BCUT2D eigenvalue weighted by Gasteiger charge is 2.07. The van der Waals surface area contributed by atoms with Gasteiger partial charge in [0.15, 0.2) is 0 Å². The van der Waals surface area contributed by atoms with Gasteiger partial charge in [0.2, 0.25) is 5.13 Å². The van der Waals surface area contributed by atoms with Gasteiger partial charge in [0.05, 0.1) is 6.54 Å². The molecule has 0 unspecified atom stereocenters. The van der Waals surface area contributed by atoms with Crippen molar-refractivity contribution in [2.75, 3.05) is 5.32 Å². The van der Waals surface area contributed by atoms with E-state index in [1.165, 1.54) is 11.3 Å². The minimum atomic E-state index is -0.346. The summed E-state index contributed by atoms with van der Waals surface area (Å²) in [5, 5.41) is 17.8. The Hall–Kier alpha value is -1.96. The van der Waals surface area contributed by atoms with Gasteiger partial charge in [-0.3, -0.25) is 5.32 Å². The lowest BCUT2D eigenvalue weighted by Crippen LogP contribution is -2.28. The fourth-order valence-electron chi connectivity index (χ4n) is 1.16. The van der Waals surface area contributed by atoms with Crippen LogP contribution in [0, 0.1) is 13.8 Å². The SMILES string of the molecule is Cc1cc(CNC(=O)Nc2nnc(C)s2)no1. The van der Waals surface area contributed by atoms with Crippen LogP contribution in [0.5, 0.6) is 0 Å². The second-order valence-corrected chi connectivity index (χ2v) is 4.54.